The van der Waals surface area contributed by atoms with E-state index in [0.29, 0.717) is 19.8 Å². The molecule has 2 aromatic rings. The molecule has 0 heterocycles. The molecule has 0 spiro atoms. The molecule has 2 rings (SSSR count). The first-order valence-electron chi connectivity index (χ1n) is 8.77. The lowest BCUT2D eigenvalue weighted by molar-refractivity contribution is -0.119. The van der Waals surface area contributed by atoms with E-state index in [1.807, 2.05) is 75.4 Å². The zero-order valence-electron chi connectivity index (χ0n) is 15.7. The van der Waals surface area contributed by atoms with Crippen LogP contribution in [0.25, 0.3) is 0 Å². The highest BCUT2D eigenvalue weighted by Crippen LogP contribution is 2.19. The number of rotatable bonds is 8. The largest absolute Gasteiger partial charge is 0.491 e. The molecule has 0 bridgehead atoms. The molecule has 1 atom stereocenters. The van der Waals surface area contributed by atoms with E-state index in [4.69, 9.17) is 15.2 Å². The first-order chi connectivity index (χ1) is 12.4. The van der Waals surface area contributed by atoms with Crippen LogP contribution in [0.2, 0.25) is 0 Å². The first-order valence-corrected chi connectivity index (χ1v) is 8.77. The third-order valence-electron chi connectivity index (χ3n) is 3.92. The molecule has 2 aromatic carbocycles. The molecule has 5 heteroatoms. The minimum atomic E-state index is -0.572. The van der Waals surface area contributed by atoms with E-state index in [0.717, 1.165) is 17.0 Å². The summed E-state index contributed by atoms with van der Waals surface area (Å²) in [6.45, 7) is 7.26. The molecule has 0 saturated heterocycles. The smallest absolute Gasteiger partial charge is 0.241 e. The summed E-state index contributed by atoms with van der Waals surface area (Å²) in [7, 11) is 0. The van der Waals surface area contributed by atoms with E-state index >= 15 is 0 Å². The van der Waals surface area contributed by atoms with Crippen LogP contribution in [0.5, 0.6) is 5.75 Å². The van der Waals surface area contributed by atoms with Crippen LogP contribution in [0.3, 0.4) is 0 Å². The summed E-state index contributed by atoms with van der Waals surface area (Å²) in [5, 5.41) is 2.87. The topological polar surface area (TPSA) is 73.6 Å². The SMILES string of the molecule is CC(C)(C)[C@H](N)C(=O)Nc1cccc(COCCOc2ccccc2)c1. The molecule has 26 heavy (non-hydrogen) atoms. The van der Waals surface area contributed by atoms with Crippen LogP contribution in [0.15, 0.2) is 54.6 Å². The molecule has 3 N–H and O–H groups in total. The molecule has 0 unspecified atom stereocenters. The fourth-order valence-electron chi connectivity index (χ4n) is 2.28. The van der Waals surface area contributed by atoms with Crippen molar-refractivity contribution in [2.75, 3.05) is 18.5 Å². The molecule has 0 aliphatic rings. The van der Waals surface area contributed by atoms with Gasteiger partial charge in [-0.05, 0) is 35.2 Å². The van der Waals surface area contributed by atoms with Gasteiger partial charge in [-0.25, -0.2) is 0 Å². The van der Waals surface area contributed by atoms with Crippen molar-refractivity contribution in [3.8, 4) is 5.75 Å². The number of carbonyl (C=O) groups excluding carboxylic acids is 1. The second-order valence-electron chi connectivity index (χ2n) is 7.25. The number of benzene rings is 2. The van der Waals surface area contributed by atoms with Gasteiger partial charge in [0.05, 0.1) is 19.3 Å². The second-order valence-corrected chi connectivity index (χ2v) is 7.25. The van der Waals surface area contributed by atoms with Crippen molar-refractivity contribution in [2.45, 2.75) is 33.4 Å². The monoisotopic (exact) mass is 356 g/mol. The maximum Gasteiger partial charge on any atom is 0.241 e. The molecule has 0 aromatic heterocycles. The van der Waals surface area contributed by atoms with Gasteiger partial charge in [0.25, 0.3) is 0 Å². The Bertz CT molecular complexity index is 696. The van der Waals surface area contributed by atoms with Crippen molar-refractivity contribution in [1.82, 2.24) is 0 Å². The summed E-state index contributed by atoms with van der Waals surface area (Å²) in [6.07, 6.45) is 0. The van der Waals surface area contributed by atoms with Gasteiger partial charge in [-0.2, -0.15) is 0 Å². The van der Waals surface area contributed by atoms with Gasteiger partial charge >= 0.3 is 0 Å². The van der Waals surface area contributed by atoms with Gasteiger partial charge in [0.1, 0.15) is 12.4 Å². The Balaban J connectivity index is 1.77. The van der Waals surface area contributed by atoms with Crippen molar-refractivity contribution >= 4 is 11.6 Å². The summed E-state index contributed by atoms with van der Waals surface area (Å²) in [5.74, 6) is 0.642. The Hall–Kier alpha value is -2.37. The average molecular weight is 356 g/mol. The summed E-state index contributed by atoms with van der Waals surface area (Å²) in [4.78, 5) is 12.2. The number of para-hydroxylation sites is 1. The standard InChI is InChI=1S/C21H28N2O3/c1-21(2,3)19(22)20(24)23-17-9-7-8-16(14-17)15-25-12-13-26-18-10-5-4-6-11-18/h4-11,14,19H,12-13,15,22H2,1-3H3,(H,23,24)/t19-/m1/s1. The molecule has 5 nitrogen and oxygen atoms in total. The van der Waals surface area contributed by atoms with Crippen LogP contribution in [0.1, 0.15) is 26.3 Å². The zero-order valence-corrected chi connectivity index (χ0v) is 15.7. The Morgan fingerprint density at radius 2 is 1.81 bits per heavy atom. The van der Waals surface area contributed by atoms with Crippen molar-refractivity contribution in [1.29, 1.82) is 0 Å². The molecule has 0 radical (unpaired) electrons. The Labute approximate surface area is 155 Å². The fourth-order valence-corrected chi connectivity index (χ4v) is 2.28. The Morgan fingerprint density at radius 1 is 1.08 bits per heavy atom. The Kier molecular flexibility index (Phi) is 7.18. The molecule has 0 aliphatic carbocycles. The number of hydrogen-bond acceptors (Lipinski definition) is 4. The average Bonchev–Trinajstić information content (AvgIpc) is 2.61. The normalized spacial score (nSPS) is 12.5. The predicted octanol–water partition coefficient (Wildman–Crippen LogP) is 3.59. The van der Waals surface area contributed by atoms with Gasteiger partial charge in [0.2, 0.25) is 5.91 Å². The summed E-state index contributed by atoms with van der Waals surface area (Å²) >= 11 is 0. The van der Waals surface area contributed by atoms with Crippen LogP contribution in [0, 0.1) is 5.41 Å². The molecule has 0 aliphatic heterocycles. The van der Waals surface area contributed by atoms with Gasteiger partial charge in [0.15, 0.2) is 0 Å². The van der Waals surface area contributed by atoms with Crippen molar-refractivity contribution in [3.05, 3.63) is 60.2 Å². The number of nitrogens with one attached hydrogen (secondary N) is 1. The molecule has 140 valence electrons. The molecule has 0 saturated carbocycles. The Morgan fingerprint density at radius 3 is 2.50 bits per heavy atom. The quantitative estimate of drug-likeness (QED) is 0.709. The van der Waals surface area contributed by atoms with Crippen molar-refractivity contribution in [2.24, 2.45) is 11.1 Å². The third kappa shape index (κ3) is 6.50. The third-order valence-corrected chi connectivity index (χ3v) is 3.92. The molecule has 0 fully saturated rings. The van der Waals surface area contributed by atoms with Crippen LogP contribution in [-0.4, -0.2) is 25.2 Å². The lowest BCUT2D eigenvalue weighted by Gasteiger charge is -2.25. The van der Waals surface area contributed by atoms with Crippen molar-refractivity contribution < 1.29 is 14.3 Å². The van der Waals surface area contributed by atoms with E-state index in [1.165, 1.54) is 0 Å². The predicted molar refractivity (Wildman–Crippen MR) is 104 cm³/mol. The highest BCUT2D eigenvalue weighted by molar-refractivity contribution is 5.95. The number of nitrogens with two attached hydrogens (primary N) is 1. The second kappa shape index (κ2) is 9.36. The van der Waals surface area contributed by atoms with Gasteiger partial charge in [-0.15, -0.1) is 0 Å². The molecular weight excluding hydrogens is 328 g/mol. The van der Waals surface area contributed by atoms with Crippen LogP contribution in [0.4, 0.5) is 5.69 Å². The first kappa shape index (κ1) is 19.9. The van der Waals surface area contributed by atoms with Crippen LogP contribution in [-0.2, 0) is 16.1 Å². The number of hydrogen-bond donors (Lipinski definition) is 2. The van der Waals surface area contributed by atoms with Crippen molar-refractivity contribution in [3.63, 3.8) is 0 Å². The van der Waals surface area contributed by atoms with E-state index in [2.05, 4.69) is 5.32 Å². The highest BCUT2D eigenvalue weighted by Gasteiger charge is 2.27. The van der Waals surface area contributed by atoms with Crippen LogP contribution < -0.4 is 15.8 Å². The van der Waals surface area contributed by atoms with E-state index in [1.54, 1.807) is 0 Å². The van der Waals surface area contributed by atoms with Crippen LogP contribution >= 0.6 is 0 Å². The minimum Gasteiger partial charge on any atom is -0.491 e. The maximum absolute atomic E-state index is 12.2. The minimum absolute atomic E-state index is 0.188. The van der Waals surface area contributed by atoms with Gasteiger partial charge < -0.3 is 20.5 Å². The summed E-state index contributed by atoms with van der Waals surface area (Å²) in [5.41, 5.74) is 7.40. The number of anilines is 1. The lowest BCUT2D eigenvalue weighted by atomic mass is 9.87. The van der Waals surface area contributed by atoms with E-state index < -0.39 is 6.04 Å². The van der Waals surface area contributed by atoms with Gasteiger partial charge in [-0.1, -0.05) is 51.1 Å². The zero-order chi connectivity index (χ0) is 19.0. The van der Waals surface area contributed by atoms with E-state index in [-0.39, 0.29) is 11.3 Å². The van der Waals surface area contributed by atoms with Gasteiger partial charge in [0, 0.05) is 5.69 Å². The summed E-state index contributed by atoms with van der Waals surface area (Å²) in [6, 6.07) is 16.6. The molecular formula is C21H28N2O3. The summed E-state index contributed by atoms with van der Waals surface area (Å²) < 4.78 is 11.2. The highest BCUT2D eigenvalue weighted by atomic mass is 16.5. The maximum atomic E-state index is 12.2. The van der Waals surface area contributed by atoms with E-state index in [9.17, 15) is 4.79 Å². The number of ether oxygens (including phenoxy) is 2. The lowest BCUT2D eigenvalue weighted by Crippen LogP contribution is -2.45. The molecule has 1 amide bonds. The van der Waals surface area contributed by atoms with Gasteiger partial charge in [-0.3, -0.25) is 4.79 Å². The fraction of sp³-hybridized carbons (Fsp3) is 0.381. The number of carbonyl (C=O) groups is 1. The number of amides is 1.